The molecule has 0 saturated carbocycles. The van der Waals surface area contributed by atoms with Crippen molar-refractivity contribution in [2.24, 2.45) is 0 Å². The Labute approximate surface area is 167 Å². The van der Waals surface area contributed by atoms with Crippen molar-refractivity contribution in [1.29, 1.82) is 0 Å². The molecule has 140 valence electrons. The Morgan fingerprint density at radius 3 is 2.29 bits per heavy atom. The van der Waals surface area contributed by atoms with Gasteiger partial charge in [-0.3, -0.25) is 0 Å². The van der Waals surface area contributed by atoms with E-state index in [2.05, 4.69) is 49.4 Å². The quantitative estimate of drug-likeness (QED) is 0.564. The Morgan fingerprint density at radius 1 is 0.821 bits per heavy atom. The summed E-state index contributed by atoms with van der Waals surface area (Å²) in [5, 5.41) is 12.8. The minimum atomic E-state index is 0.302. The van der Waals surface area contributed by atoms with Crippen molar-refractivity contribution in [2.75, 3.05) is 36.0 Å². The van der Waals surface area contributed by atoms with Crippen LogP contribution >= 0.6 is 11.3 Å². The van der Waals surface area contributed by atoms with Gasteiger partial charge in [-0.05, 0) is 29.8 Å². The van der Waals surface area contributed by atoms with Crippen LogP contribution in [0.1, 0.15) is 0 Å². The van der Waals surface area contributed by atoms with Crippen LogP contribution in [-0.2, 0) is 0 Å². The van der Waals surface area contributed by atoms with E-state index in [9.17, 15) is 5.11 Å². The van der Waals surface area contributed by atoms with Crippen LogP contribution in [0.3, 0.4) is 0 Å². The number of nitrogens with zero attached hydrogens (tertiary/aromatic N) is 4. The molecule has 0 bridgehead atoms. The van der Waals surface area contributed by atoms with Gasteiger partial charge in [0.1, 0.15) is 22.7 Å². The summed E-state index contributed by atoms with van der Waals surface area (Å²) in [5.74, 6) is 1.33. The Morgan fingerprint density at radius 2 is 1.54 bits per heavy atom. The SMILES string of the molecule is Oc1ccc(N2CCN(c3ncnc4scc(-c5ccccc5)c34)CC2)cc1. The highest BCUT2D eigenvalue weighted by atomic mass is 32.1. The van der Waals surface area contributed by atoms with Gasteiger partial charge in [-0.1, -0.05) is 30.3 Å². The van der Waals surface area contributed by atoms with Gasteiger partial charge in [-0.2, -0.15) is 0 Å². The third kappa shape index (κ3) is 3.05. The van der Waals surface area contributed by atoms with E-state index in [0.717, 1.165) is 47.9 Å². The fourth-order valence-corrected chi connectivity index (χ4v) is 4.68. The molecule has 0 spiro atoms. The summed E-state index contributed by atoms with van der Waals surface area (Å²) in [6, 6.07) is 17.9. The van der Waals surface area contributed by atoms with Crippen molar-refractivity contribution < 1.29 is 5.11 Å². The van der Waals surface area contributed by atoms with Crippen LogP contribution in [0.2, 0.25) is 0 Å². The molecule has 1 N–H and O–H groups in total. The molecule has 6 heteroatoms. The number of hydrogen-bond acceptors (Lipinski definition) is 6. The number of phenolic OH excluding ortho intramolecular Hbond substituents is 1. The third-order valence-electron chi connectivity index (χ3n) is 5.23. The average molecular weight is 388 g/mol. The largest absolute Gasteiger partial charge is 0.508 e. The topological polar surface area (TPSA) is 52.5 Å². The molecule has 2 aromatic carbocycles. The van der Waals surface area contributed by atoms with Crippen LogP contribution < -0.4 is 9.80 Å². The van der Waals surface area contributed by atoms with Gasteiger partial charge >= 0.3 is 0 Å². The summed E-state index contributed by atoms with van der Waals surface area (Å²) in [6.45, 7) is 3.64. The molecular weight excluding hydrogens is 368 g/mol. The number of rotatable bonds is 3. The standard InChI is InChI=1S/C22H20N4OS/c27-18-8-6-17(7-9-18)25-10-12-26(13-11-25)21-20-19(16-4-2-1-3-5-16)14-28-22(20)24-15-23-21/h1-9,14-15,27H,10-13H2. The van der Waals surface area contributed by atoms with Crippen molar-refractivity contribution in [2.45, 2.75) is 0 Å². The average Bonchev–Trinajstić information content (AvgIpc) is 3.19. The van der Waals surface area contributed by atoms with E-state index in [0.29, 0.717) is 5.75 Å². The monoisotopic (exact) mass is 388 g/mol. The highest BCUT2D eigenvalue weighted by Crippen LogP contribution is 2.38. The maximum absolute atomic E-state index is 9.51. The molecule has 1 fully saturated rings. The summed E-state index contributed by atoms with van der Waals surface area (Å²) in [7, 11) is 0. The summed E-state index contributed by atoms with van der Waals surface area (Å²) in [5.41, 5.74) is 3.55. The van der Waals surface area contributed by atoms with Crippen molar-refractivity contribution >= 4 is 33.1 Å². The zero-order chi connectivity index (χ0) is 18.9. The first-order valence-electron chi connectivity index (χ1n) is 9.36. The van der Waals surface area contributed by atoms with Gasteiger partial charge in [0.25, 0.3) is 0 Å². The lowest BCUT2D eigenvalue weighted by Crippen LogP contribution is -2.46. The molecule has 28 heavy (non-hydrogen) atoms. The number of thiophene rings is 1. The zero-order valence-corrected chi connectivity index (χ0v) is 16.1. The molecule has 5 rings (SSSR count). The molecule has 2 aromatic heterocycles. The predicted molar refractivity (Wildman–Crippen MR) is 115 cm³/mol. The van der Waals surface area contributed by atoms with E-state index in [1.165, 1.54) is 11.1 Å². The summed E-state index contributed by atoms with van der Waals surface area (Å²) in [6.07, 6.45) is 1.68. The van der Waals surface area contributed by atoms with Crippen molar-refractivity contribution in [3.8, 4) is 16.9 Å². The van der Waals surface area contributed by atoms with E-state index >= 15 is 0 Å². The van der Waals surface area contributed by atoms with Crippen LogP contribution in [0.4, 0.5) is 11.5 Å². The van der Waals surface area contributed by atoms with Crippen LogP contribution in [0, 0.1) is 0 Å². The molecule has 1 aliphatic heterocycles. The van der Waals surface area contributed by atoms with E-state index < -0.39 is 0 Å². The summed E-state index contributed by atoms with van der Waals surface area (Å²) < 4.78 is 0. The molecule has 5 nitrogen and oxygen atoms in total. The molecule has 0 atom stereocenters. The first-order valence-corrected chi connectivity index (χ1v) is 10.2. The van der Waals surface area contributed by atoms with Gasteiger partial charge in [0, 0.05) is 42.8 Å². The molecular formula is C22H20N4OS. The number of hydrogen-bond donors (Lipinski definition) is 1. The van der Waals surface area contributed by atoms with E-state index in [1.807, 2.05) is 18.2 Å². The molecule has 0 aliphatic carbocycles. The van der Waals surface area contributed by atoms with Crippen molar-refractivity contribution in [1.82, 2.24) is 9.97 Å². The first-order chi connectivity index (χ1) is 13.8. The minimum absolute atomic E-state index is 0.302. The normalized spacial score (nSPS) is 14.6. The van der Waals surface area contributed by atoms with Crippen LogP contribution in [-0.4, -0.2) is 41.3 Å². The number of aromatic nitrogens is 2. The lowest BCUT2D eigenvalue weighted by molar-refractivity contribution is 0.475. The fourth-order valence-electron chi connectivity index (χ4n) is 3.77. The van der Waals surface area contributed by atoms with E-state index in [1.54, 1.807) is 29.8 Å². The van der Waals surface area contributed by atoms with E-state index in [4.69, 9.17) is 0 Å². The zero-order valence-electron chi connectivity index (χ0n) is 15.3. The number of phenols is 1. The molecule has 0 amide bonds. The van der Waals surface area contributed by atoms with Crippen molar-refractivity contribution in [3.05, 3.63) is 66.3 Å². The fraction of sp³-hybridized carbons (Fsp3) is 0.182. The predicted octanol–water partition coefficient (Wildman–Crippen LogP) is 4.39. The molecule has 3 heterocycles. The molecule has 1 aliphatic rings. The van der Waals surface area contributed by atoms with Crippen molar-refractivity contribution in [3.63, 3.8) is 0 Å². The highest BCUT2D eigenvalue weighted by molar-refractivity contribution is 7.17. The second-order valence-electron chi connectivity index (χ2n) is 6.88. The van der Waals surface area contributed by atoms with Gasteiger partial charge in [-0.15, -0.1) is 11.3 Å². The number of fused-ring (bicyclic) bond motifs is 1. The Bertz CT molecular complexity index is 1090. The maximum Gasteiger partial charge on any atom is 0.141 e. The summed E-state index contributed by atoms with van der Waals surface area (Å²) >= 11 is 1.67. The van der Waals surface area contributed by atoms with Crippen LogP contribution in [0.5, 0.6) is 5.75 Å². The molecule has 4 aromatic rings. The molecule has 0 radical (unpaired) electrons. The lowest BCUT2D eigenvalue weighted by atomic mass is 10.1. The number of piperazine rings is 1. The first kappa shape index (κ1) is 17.0. The van der Waals surface area contributed by atoms with Gasteiger partial charge in [0.15, 0.2) is 0 Å². The Kier molecular flexibility index (Phi) is 4.33. The van der Waals surface area contributed by atoms with Gasteiger partial charge < -0.3 is 14.9 Å². The minimum Gasteiger partial charge on any atom is -0.508 e. The number of anilines is 2. The Hall–Kier alpha value is -3.12. The molecule has 1 saturated heterocycles. The smallest absolute Gasteiger partial charge is 0.141 e. The Balaban J connectivity index is 1.44. The number of benzene rings is 2. The van der Waals surface area contributed by atoms with Crippen LogP contribution in [0.25, 0.3) is 21.3 Å². The summed E-state index contributed by atoms with van der Waals surface area (Å²) in [4.78, 5) is 14.9. The third-order valence-corrected chi connectivity index (χ3v) is 6.12. The van der Waals surface area contributed by atoms with Crippen LogP contribution in [0.15, 0.2) is 66.3 Å². The van der Waals surface area contributed by atoms with Gasteiger partial charge in [0.05, 0.1) is 5.39 Å². The lowest BCUT2D eigenvalue weighted by Gasteiger charge is -2.37. The maximum atomic E-state index is 9.51. The number of aromatic hydroxyl groups is 1. The highest BCUT2D eigenvalue weighted by Gasteiger charge is 2.22. The second kappa shape index (κ2) is 7.13. The molecule has 0 unspecified atom stereocenters. The van der Waals surface area contributed by atoms with Gasteiger partial charge in [-0.25, -0.2) is 9.97 Å². The van der Waals surface area contributed by atoms with Gasteiger partial charge in [0.2, 0.25) is 0 Å². The second-order valence-corrected chi connectivity index (χ2v) is 7.74. The van der Waals surface area contributed by atoms with E-state index in [-0.39, 0.29) is 0 Å².